The van der Waals surface area contributed by atoms with Gasteiger partial charge in [-0.3, -0.25) is 4.90 Å². The molecule has 23 heavy (non-hydrogen) atoms. The Kier molecular flexibility index (Phi) is 4.63. The second-order valence-electron chi connectivity index (χ2n) is 7.26. The number of piperidine rings is 1. The molecule has 1 atom stereocenters. The molecule has 3 rings (SSSR count). The zero-order valence-corrected chi connectivity index (χ0v) is 15.7. The van der Waals surface area contributed by atoms with Crippen LogP contribution in [0.1, 0.15) is 31.5 Å². The number of hydrogen-bond donors (Lipinski definition) is 1. The van der Waals surface area contributed by atoms with Crippen LogP contribution in [0.4, 0.5) is 0 Å². The average Bonchev–Trinajstić information content (AvgIpc) is 2.84. The molecule has 2 heterocycles. The minimum absolute atomic E-state index is 0.174. The van der Waals surface area contributed by atoms with E-state index in [0.29, 0.717) is 6.04 Å². The summed E-state index contributed by atoms with van der Waals surface area (Å²) < 4.78 is 3.05. The molecule has 1 fully saturated rings. The van der Waals surface area contributed by atoms with Crippen LogP contribution in [0.2, 0.25) is 0 Å². The van der Waals surface area contributed by atoms with Gasteiger partial charge in [0.05, 0.1) is 11.4 Å². The van der Waals surface area contributed by atoms with Gasteiger partial charge in [-0.1, -0.05) is 29.8 Å². The molecule has 2 N–H and O–H groups in total. The van der Waals surface area contributed by atoms with Crippen molar-refractivity contribution in [2.24, 2.45) is 11.1 Å². The Hall–Kier alpha value is -1.17. The number of halogens is 1. The van der Waals surface area contributed by atoms with E-state index in [1.807, 2.05) is 16.8 Å². The summed E-state index contributed by atoms with van der Waals surface area (Å²) in [5.41, 5.74) is 9.89. The highest BCUT2D eigenvalue weighted by molar-refractivity contribution is 9.10. The largest absolute Gasteiger partial charge is 0.327 e. The molecule has 1 aliphatic heterocycles. The van der Waals surface area contributed by atoms with Crippen LogP contribution in [-0.4, -0.2) is 33.8 Å². The van der Waals surface area contributed by atoms with Crippen LogP contribution in [-0.2, 0) is 6.54 Å². The Balaban J connectivity index is 1.75. The third kappa shape index (κ3) is 3.67. The van der Waals surface area contributed by atoms with Gasteiger partial charge in [-0.15, -0.1) is 0 Å². The number of hydrogen-bond acceptors (Lipinski definition) is 3. The molecule has 1 saturated heterocycles. The third-order valence-corrected chi connectivity index (χ3v) is 5.41. The van der Waals surface area contributed by atoms with E-state index in [1.54, 1.807) is 0 Å². The van der Waals surface area contributed by atoms with Gasteiger partial charge in [0.2, 0.25) is 0 Å². The topological polar surface area (TPSA) is 47.1 Å². The van der Waals surface area contributed by atoms with Crippen molar-refractivity contribution in [2.75, 3.05) is 13.1 Å². The van der Waals surface area contributed by atoms with E-state index in [4.69, 9.17) is 5.73 Å². The summed E-state index contributed by atoms with van der Waals surface area (Å²) in [5, 5.41) is 4.68. The highest BCUT2D eigenvalue weighted by Crippen LogP contribution is 2.29. The van der Waals surface area contributed by atoms with Gasteiger partial charge in [-0.25, -0.2) is 4.68 Å². The van der Waals surface area contributed by atoms with Crippen molar-refractivity contribution in [3.8, 4) is 5.69 Å². The first-order chi connectivity index (χ1) is 10.8. The highest BCUT2D eigenvalue weighted by atomic mass is 79.9. The van der Waals surface area contributed by atoms with E-state index in [0.717, 1.165) is 41.9 Å². The van der Waals surface area contributed by atoms with E-state index < -0.39 is 0 Å². The molecular formula is C18H25BrN4. The summed E-state index contributed by atoms with van der Waals surface area (Å²) in [6.07, 6.45) is 3.22. The zero-order valence-electron chi connectivity index (χ0n) is 14.1. The molecule has 0 radical (unpaired) electrons. The predicted molar refractivity (Wildman–Crippen MR) is 97.7 cm³/mol. The smallest absolute Gasteiger partial charge is 0.0646 e. The maximum absolute atomic E-state index is 6.24. The van der Waals surface area contributed by atoms with E-state index in [1.165, 1.54) is 5.56 Å². The molecule has 0 bridgehead atoms. The first-order valence-corrected chi connectivity index (χ1v) is 8.93. The summed E-state index contributed by atoms with van der Waals surface area (Å²) in [7, 11) is 0. The van der Waals surface area contributed by atoms with Crippen molar-refractivity contribution in [3.05, 3.63) is 46.2 Å². The van der Waals surface area contributed by atoms with Crippen LogP contribution in [0.15, 0.2) is 34.9 Å². The Bertz CT molecular complexity index is 675. The lowest BCUT2D eigenvalue weighted by Crippen LogP contribution is -2.52. The SMILES string of the molecule is Cc1nn(-c2ccc(Br)cc2)cc1CN1CCC(N)C(C)(C)C1. The Morgan fingerprint density at radius 2 is 2.00 bits per heavy atom. The summed E-state index contributed by atoms with van der Waals surface area (Å²) >= 11 is 3.47. The first kappa shape index (κ1) is 16.7. The van der Waals surface area contributed by atoms with E-state index in [9.17, 15) is 0 Å². The molecule has 124 valence electrons. The van der Waals surface area contributed by atoms with Crippen LogP contribution in [0.5, 0.6) is 0 Å². The lowest BCUT2D eigenvalue weighted by molar-refractivity contribution is 0.0897. The molecular weight excluding hydrogens is 352 g/mol. The summed E-state index contributed by atoms with van der Waals surface area (Å²) in [6.45, 7) is 9.67. The van der Waals surface area contributed by atoms with Crippen molar-refractivity contribution in [2.45, 2.75) is 39.8 Å². The average molecular weight is 377 g/mol. The normalized spacial score (nSPS) is 21.5. The molecule has 1 aliphatic rings. The molecule has 2 aromatic rings. The number of likely N-dealkylation sites (tertiary alicyclic amines) is 1. The van der Waals surface area contributed by atoms with Crippen molar-refractivity contribution >= 4 is 15.9 Å². The highest BCUT2D eigenvalue weighted by Gasteiger charge is 2.33. The Labute approximate surface area is 146 Å². The monoisotopic (exact) mass is 376 g/mol. The van der Waals surface area contributed by atoms with Crippen LogP contribution >= 0.6 is 15.9 Å². The summed E-state index contributed by atoms with van der Waals surface area (Å²) in [6, 6.07) is 8.53. The van der Waals surface area contributed by atoms with Crippen molar-refractivity contribution < 1.29 is 0 Å². The number of nitrogens with zero attached hydrogens (tertiary/aromatic N) is 3. The van der Waals surface area contributed by atoms with E-state index >= 15 is 0 Å². The molecule has 0 spiro atoms. The fraction of sp³-hybridized carbons (Fsp3) is 0.500. The number of aromatic nitrogens is 2. The van der Waals surface area contributed by atoms with E-state index in [-0.39, 0.29) is 5.41 Å². The zero-order chi connectivity index (χ0) is 16.6. The van der Waals surface area contributed by atoms with E-state index in [2.05, 4.69) is 65.0 Å². The third-order valence-electron chi connectivity index (χ3n) is 4.88. The molecule has 0 amide bonds. The fourth-order valence-corrected chi connectivity index (χ4v) is 3.50. The van der Waals surface area contributed by atoms with Gasteiger partial charge < -0.3 is 5.73 Å². The van der Waals surface area contributed by atoms with Gasteiger partial charge in [0.25, 0.3) is 0 Å². The number of benzene rings is 1. The van der Waals surface area contributed by atoms with Gasteiger partial charge in [0, 0.05) is 41.9 Å². The molecule has 4 nitrogen and oxygen atoms in total. The van der Waals surface area contributed by atoms with Crippen molar-refractivity contribution in [1.29, 1.82) is 0 Å². The molecule has 0 aliphatic carbocycles. The number of aryl methyl sites for hydroxylation is 1. The minimum Gasteiger partial charge on any atom is -0.327 e. The number of rotatable bonds is 3. The summed E-state index contributed by atoms with van der Waals surface area (Å²) in [5.74, 6) is 0. The standard InChI is InChI=1S/C18H25BrN4/c1-13-14(10-22-9-8-17(20)18(2,3)12-22)11-23(21-13)16-6-4-15(19)5-7-16/h4-7,11,17H,8-10,12,20H2,1-3H3. The van der Waals surface area contributed by atoms with Crippen molar-refractivity contribution in [1.82, 2.24) is 14.7 Å². The second-order valence-corrected chi connectivity index (χ2v) is 8.17. The van der Waals surface area contributed by atoms with Crippen LogP contribution in [0.25, 0.3) is 5.69 Å². The molecule has 1 unspecified atom stereocenters. The molecule has 1 aromatic heterocycles. The van der Waals surface area contributed by atoms with Gasteiger partial charge >= 0.3 is 0 Å². The summed E-state index contributed by atoms with van der Waals surface area (Å²) in [4.78, 5) is 2.50. The minimum atomic E-state index is 0.174. The van der Waals surface area contributed by atoms with Gasteiger partial charge in [0.15, 0.2) is 0 Å². The van der Waals surface area contributed by atoms with Crippen LogP contribution < -0.4 is 5.73 Å². The predicted octanol–water partition coefficient (Wildman–Crippen LogP) is 3.50. The lowest BCUT2D eigenvalue weighted by Gasteiger charge is -2.42. The lowest BCUT2D eigenvalue weighted by atomic mass is 9.79. The van der Waals surface area contributed by atoms with Gasteiger partial charge in [0.1, 0.15) is 0 Å². The van der Waals surface area contributed by atoms with Gasteiger partial charge in [-0.2, -0.15) is 5.10 Å². The number of nitrogens with two attached hydrogens (primary N) is 1. The second kappa shape index (κ2) is 6.38. The van der Waals surface area contributed by atoms with Gasteiger partial charge in [-0.05, 0) is 43.0 Å². The fourth-order valence-electron chi connectivity index (χ4n) is 3.24. The molecule has 0 saturated carbocycles. The Morgan fingerprint density at radius 1 is 1.30 bits per heavy atom. The maximum Gasteiger partial charge on any atom is 0.0646 e. The quantitative estimate of drug-likeness (QED) is 0.891. The van der Waals surface area contributed by atoms with Crippen LogP contribution in [0, 0.1) is 12.3 Å². The first-order valence-electron chi connectivity index (χ1n) is 8.14. The van der Waals surface area contributed by atoms with Crippen molar-refractivity contribution in [3.63, 3.8) is 0 Å². The maximum atomic E-state index is 6.24. The van der Waals surface area contributed by atoms with Crippen LogP contribution in [0.3, 0.4) is 0 Å². The Morgan fingerprint density at radius 3 is 2.65 bits per heavy atom. The molecule has 1 aromatic carbocycles. The molecule has 5 heteroatoms.